The van der Waals surface area contributed by atoms with Crippen LogP contribution >= 0.6 is 0 Å². The maximum absolute atomic E-state index is 12.8. The first kappa shape index (κ1) is 20.8. The molecule has 0 saturated carbocycles. The average Bonchev–Trinajstić information content (AvgIpc) is 2.94. The van der Waals surface area contributed by atoms with Gasteiger partial charge >= 0.3 is 5.97 Å². The van der Waals surface area contributed by atoms with Crippen LogP contribution in [0.2, 0.25) is 0 Å². The monoisotopic (exact) mass is 398 g/mol. The van der Waals surface area contributed by atoms with Crippen LogP contribution in [0.25, 0.3) is 0 Å². The van der Waals surface area contributed by atoms with Crippen LogP contribution in [-0.4, -0.2) is 35.3 Å². The number of hydrogen-bond acceptors (Lipinski definition) is 4. The molecule has 3 amide bonds. The molecule has 1 aromatic carbocycles. The maximum atomic E-state index is 12.8. The third-order valence-corrected chi connectivity index (χ3v) is 5.54. The Morgan fingerprint density at radius 2 is 1.90 bits per heavy atom. The van der Waals surface area contributed by atoms with E-state index in [1.165, 1.54) is 4.90 Å². The number of benzene rings is 1. The van der Waals surface area contributed by atoms with Gasteiger partial charge in [0, 0.05) is 18.5 Å². The fourth-order valence-electron chi connectivity index (χ4n) is 3.96. The molecule has 3 rings (SSSR count). The second kappa shape index (κ2) is 9.03. The number of nitrogens with zero attached hydrogens (tertiary/aromatic N) is 1. The summed E-state index contributed by atoms with van der Waals surface area (Å²) in [6, 6.07) is 6.57. The molecular weight excluding hydrogens is 372 g/mol. The molecule has 7 nitrogen and oxygen atoms in total. The van der Waals surface area contributed by atoms with Crippen LogP contribution in [0.15, 0.2) is 35.9 Å². The molecule has 1 fully saturated rings. The van der Waals surface area contributed by atoms with Crippen LogP contribution in [-0.2, 0) is 14.4 Å². The summed E-state index contributed by atoms with van der Waals surface area (Å²) in [5.41, 5.74) is 1.95. The van der Waals surface area contributed by atoms with E-state index in [4.69, 9.17) is 5.11 Å². The van der Waals surface area contributed by atoms with Crippen LogP contribution in [0.5, 0.6) is 0 Å². The maximum Gasteiger partial charge on any atom is 0.303 e. The first-order valence-electron chi connectivity index (χ1n) is 10.0. The number of nitrogens with one attached hydrogen (secondary N) is 1. The third-order valence-electron chi connectivity index (χ3n) is 5.54. The van der Waals surface area contributed by atoms with Crippen molar-refractivity contribution in [2.45, 2.75) is 45.4 Å². The summed E-state index contributed by atoms with van der Waals surface area (Å²) in [5.74, 6) is -2.10. The molecule has 0 radical (unpaired) electrons. The Morgan fingerprint density at radius 3 is 2.66 bits per heavy atom. The largest absolute Gasteiger partial charge is 0.481 e. The number of imide groups is 1. The Balaban J connectivity index is 1.61. The molecule has 2 atom stereocenters. The molecule has 0 bridgehead atoms. The van der Waals surface area contributed by atoms with E-state index in [0.29, 0.717) is 43.5 Å². The van der Waals surface area contributed by atoms with E-state index < -0.39 is 5.97 Å². The number of anilines is 1. The summed E-state index contributed by atoms with van der Waals surface area (Å²) in [6.07, 6.45) is 5.34. The molecular formula is C22H26N2O5. The fourth-order valence-corrected chi connectivity index (χ4v) is 3.96. The van der Waals surface area contributed by atoms with Crippen molar-refractivity contribution in [1.29, 1.82) is 0 Å². The number of carboxylic acid groups (broad SMARTS) is 1. The van der Waals surface area contributed by atoms with Gasteiger partial charge in [-0.05, 0) is 50.8 Å². The third kappa shape index (κ3) is 4.72. The van der Waals surface area contributed by atoms with Crippen LogP contribution in [0.3, 0.4) is 0 Å². The highest BCUT2D eigenvalue weighted by Gasteiger charge is 2.48. The van der Waals surface area contributed by atoms with Crippen molar-refractivity contribution in [3.05, 3.63) is 41.5 Å². The highest BCUT2D eigenvalue weighted by Crippen LogP contribution is 2.39. The van der Waals surface area contributed by atoms with Gasteiger partial charge in [-0.2, -0.15) is 0 Å². The van der Waals surface area contributed by atoms with Crippen LogP contribution in [0, 0.1) is 11.8 Å². The minimum Gasteiger partial charge on any atom is -0.481 e. The molecule has 29 heavy (non-hydrogen) atoms. The Hall–Kier alpha value is -2.96. The number of hydrogen-bond donors (Lipinski definition) is 2. The SMILES string of the molecule is CC1=CC[C@@H]2C(=O)N(c3cccc(C(=O)NCCCCCC(=O)O)c3)C(=O)[C@@H]2C1. The number of aliphatic carboxylic acids is 1. The van der Waals surface area contributed by atoms with E-state index in [1.54, 1.807) is 24.3 Å². The van der Waals surface area contributed by atoms with Gasteiger partial charge in [0.2, 0.25) is 11.8 Å². The van der Waals surface area contributed by atoms with Gasteiger partial charge in [-0.3, -0.25) is 24.1 Å². The second-order valence-corrected chi connectivity index (χ2v) is 7.73. The Labute approximate surface area is 169 Å². The van der Waals surface area contributed by atoms with Crippen molar-refractivity contribution in [2.75, 3.05) is 11.4 Å². The van der Waals surface area contributed by atoms with E-state index in [-0.39, 0.29) is 36.0 Å². The van der Waals surface area contributed by atoms with Gasteiger partial charge in [0.15, 0.2) is 0 Å². The molecule has 2 aliphatic rings. The Bertz CT molecular complexity index is 861. The first-order valence-corrected chi connectivity index (χ1v) is 10.0. The lowest BCUT2D eigenvalue weighted by molar-refractivity contribution is -0.137. The molecule has 1 aromatic rings. The van der Waals surface area contributed by atoms with Gasteiger partial charge in [0.1, 0.15) is 0 Å². The Kier molecular flexibility index (Phi) is 6.46. The van der Waals surface area contributed by atoms with Crippen LogP contribution in [0.4, 0.5) is 5.69 Å². The molecule has 1 saturated heterocycles. The van der Waals surface area contributed by atoms with Crippen molar-refractivity contribution in [2.24, 2.45) is 11.8 Å². The van der Waals surface area contributed by atoms with E-state index in [0.717, 1.165) is 12.0 Å². The van der Waals surface area contributed by atoms with Crippen molar-refractivity contribution in [3.63, 3.8) is 0 Å². The number of carbonyl (C=O) groups is 4. The van der Waals surface area contributed by atoms with Crippen molar-refractivity contribution in [3.8, 4) is 0 Å². The standard InChI is InChI=1S/C22H26N2O5/c1-14-9-10-17-18(12-14)22(29)24(21(17)28)16-7-5-6-15(13-16)20(27)23-11-4-2-3-8-19(25)26/h5-7,9,13,17-18H,2-4,8,10-12H2,1H3,(H,23,27)(H,25,26)/t17-,18+/m0/s1. The summed E-state index contributed by atoms with van der Waals surface area (Å²) in [5, 5.41) is 11.4. The molecule has 0 aromatic heterocycles. The highest BCUT2D eigenvalue weighted by atomic mass is 16.4. The van der Waals surface area contributed by atoms with Gasteiger partial charge in [-0.1, -0.05) is 24.1 Å². The highest BCUT2D eigenvalue weighted by molar-refractivity contribution is 6.22. The summed E-state index contributed by atoms with van der Waals surface area (Å²) < 4.78 is 0. The minimum absolute atomic E-state index is 0.130. The topological polar surface area (TPSA) is 104 Å². The van der Waals surface area contributed by atoms with Crippen molar-refractivity contribution < 1.29 is 24.3 Å². The number of unbranched alkanes of at least 4 members (excludes halogenated alkanes) is 2. The van der Waals surface area contributed by atoms with E-state index >= 15 is 0 Å². The summed E-state index contributed by atoms with van der Waals surface area (Å²) in [6.45, 7) is 2.42. The minimum atomic E-state index is -0.817. The quantitative estimate of drug-likeness (QED) is 0.398. The molecule has 0 unspecified atom stereocenters. The van der Waals surface area contributed by atoms with E-state index in [9.17, 15) is 19.2 Å². The second-order valence-electron chi connectivity index (χ2n) is 7.73. The molecule has 1 heterocycles. The zero-order valence-electron chi connectivity index (χ0n) is 16.5. The number of carboxylic acids is 1. The normalized spacial score (nSPS) is 21.0. The predicted molar refractivity (Wildman–Crippen MR) is 107 cm³/mol. The van der Waals surface area contributed by atoms with Crippen molar-refractivity contribution >= 4 is 29.4 Å². The number of amides is 3. The van der Waals surface area contributed by atoms with Gasteiger partial charge in [-0.15, -0.1) is 0 Å². The van der Waals surface area contributed by atoms with Gasteiger partial charge in [-0.25, -0.2) is 0 Å². The van der Waals surface area contributed by atoms with E-state index in [2.05, 4.69) is 5.32 Å². The average molecular weight is 398 g/mol. The molecule has 0 spiro atoms. The van der Waals surface area contributed by atoms with E-state index in [1.807, 2.05) is 13.0 Å². The summed E-state index contributed by atoms with van der Waals surface area (Å²) in [7, 11) is 0. The zero-order chi connectivity index (χ0) is 21.0. The zero-order valence-corrected chi connectivity index (χ0v) is 16.5. The molecule has 154 valence electrons. The Morgan fingerprint density at radius 1 is 1.14 bits per heavy atom. The fraction of sp³-hybridized carbons (Fsp3) is 0.455. The first-order chi connectivity index (χ1) is 13.9. The summed E-state index contributed by atoms with van der Waals surface area (Å²) >= 11 is 0. The predicted octanol–water partition coefficient (Wildman–Crippen LogP) is 2.91. The number of rotatable bonds is 8. The van der Waals surface area contributed by atoms with Crippen LogP contribution < -0.4 is 10.2 Å². The van der Waals surface area contributed by atoms with Gasteiger partial charge in [0.25, 0.3) is 5.91 Å². The molecule has 2 N–H and O–H groups in total. The lowest BCUT2D eigenvalue weighted by atomic mass is 9.82. The smallest absolute Gasteiger partial charge is 0.303 e. The lowest BCUT2D eigenvalue weighted by Gasteiger charge is -2.18. The lowest BCUT2D eigenvalue weighted by Crippen LogP contribution is -2.31. The number of allylic oxidation sites excluding steroid dienone is 2. The molecule has 1 aliphatic heterocycles. The van der Waals surface area contributed by atoms with Crippen LogP contribution in [0.1, 0.15) is 55.8 Å². The molecule has 1 aliphatic carbocycles. The number of carbonyl (C=O) groups excluding carboxylic acids is 3. The van der Waals surface area contributed by atoms with Crippen molar-refractivity contribution in [1.82, 2.24) is 5.32 Å². The van der Waals surface area contributed by atoms with Gasteiger partial charge < -0.3 is 10.4 Å². The molecule has 7 heteroatoms. The summed E-state index contributed by atoms with van der Waals surface area (Å²) in [4.78, 5) is 49.7. The van der Waals surface area contributed by atoms with Gasteiger partial charge in [0.05, 0.1) is 17.5 Å². The number of fused-ring (bicyclic) bond motifs is 1.